The molecule has 0 aliphatic rings. The van der Waals surface area contributed by atoms with Gasteiger partial charge in [-0.05, 0) is 46.3 Å². The number of nitrogens with zero attached hydrogens (tertiary/aromatic N) is 3. The van der Waals surface area contributed by atoms with E-state index in [0.717, 1.165) is 31.4 Å². The molecule has 0 aliphatic carbocycles. The smallest absolute Gasteiger partial charge is 0.0640 e. The Morgan fingerprint density at radius 3 is 2.35 bits per heavy atom. The summed E-state index contributed by atoms with van der Waals surface area (Å²) in [7, 11) is 4.21. The van der Waals surface area contributed by atoms with Gasteiger partial charge >= 0.3 is 0 Å². The summed E-state index contributed by atoms with van der Waals surface area (Å²) < 4.78 is 2.10. The van der Waals surface area contributed by atoms with Gasteiger partial charge in [0.25, 0.3) is 0 Å². The number of hydrogen-bond acceptors (Lipinski definition) is 3. The van der Waals surface area contributed by atoms with Crippen LogP contribution >= 0.6 is 0 Å². The molecule has 0 spiro atoms. The van der Waals surface area contributed by atoms with Crippen LogP contribution in [-0.2, 0) is 6.42 Å². The molecular weight excluding hydrogens is 248 g/mol. The molecule has 2 atom stereocenters. The molecule has 0 aliphatic heterocycles. The number of likely N-dealkylation sites (N-methyl/N-ethyl adjacent to an activating group) is 1. The fraction of sp³-hybridized carbons (Fsp3) is 0.812. The molecule has 0 fully saturated rings. The zero-order valence-electron chi connectivity index (χ0n) is 14.1. The predicted molar refractivity (Wildman–Crippen MR) is 85.9 cm³/mol. The summed E-state index contributed by atoms with van der Waals surface area (Å²) in [5.74, 6) is 0. The summed E-state index contributed by atoms with van der Waals surface area (Å²) in [6, 6.07) is 2.71. The Balaban J connectivity index is 2.78. The minimum atomic E-state index is 0.0126. The molecule has 116 valence electrons. The van der Waals surface area contributed by atoms with Gasteiger partial charge in [-0.1, -0.05) is 20.8 Å². The van der Waals surface area contributed by atoms with Crippen LogP contribution in [0.15, 0.2) is 12.3 Å². The van der Waals surface area contributed by atoms with Gasteiger partial charge in [0.1, 0.15) is 0 Å². The van der Waals surface area contributed by atoms with E-state index in [1.807, 2.05) is 0 Å². The Bertz CT molecular complexity index is 395. The van der Waals surface area contributed by atoms with E-state index < -0.39 is 0 Å². The molecule has 0 aromatic carbocycles. The molecule has 0 bridgehead atoms. The summed E-state index contributed by atoms with van der Waals surface area (Å²) in [6.07, 6.45) is 6.20. The highest BCUT2D eigenvalue weighted by molar-refractivity contribution is 5.06. The van der Waals surface area contributed by atoms with Crippen LogP contribution in [0.25, 0.3) is 0 Å². The molecule has 1 aromatic heterocycles. The van der Waals surface area contributed by atoms with Crippen molar-refractivity contribution in [1.29, 1.82) is 0 Å². The maximum Gasteiger partial charge on any atom is 0.0640 e. The third-order valence-corrected chi connectivity index (χ3v) is 4.95. The highest BCUT2D eigenvalue weighted by Crippen LogP contribution is 2.22. The minimum absolute atomic E-state index is 0.0126. The second-order valence-corrected chi connectivity index (χ2v) is 6.17. The van der Waals surface area contributed by atoms with Gasteiger partial charge < -0.3 is 10.6 Å². The van der Waals surface area contributed by atoms with E-state index in [1.54, 1.807) is 0 Å². The Kier molecular flexibility index (Phi) is 6.21. The Labute approximate surface area is 124 Å². The van der Waals surface area contributed by atoms with Crippen molar-refractivity contribution in [3.05, 3.63) is 18.0 Å². The van der Waals surface area contributed by atoms with Crippen molar-refractivity contribution in [3.63, 3.8) is 0 Å². The fourth-order valence-electron chi connectivity index (χ4n) is 2.71. The lowest BCUT2D eigenvalue weighted by Gasteiger charge is -2.40. The maximum absolute atomic E-state index is 6.46. The first-order valence-corrected chi connectivity index (χ1v) is 7.86. The molecular formula is C16H32N4. The molecule has 0 radical (unpaired) electrons. The van der Waals surface area contributed by atoms with Gasteiger partial charge in [-0.3, -0.25) is 4.68 Å². The van der Waals surface area contributed by atoms with Crippen molar-refractivity contribution in [2.24, 2.45) is 5.73 Å². The maximum atomic E-state index is 6.46. The second-order valence-electron chi connectivity index (χ2n) is 6.17. The van der Waals surface area contributed by atoms with E-state index in [-0.39, 0.29) is 11.6 Å². The number of rotatable bonds is 8. The average Bonchev–Trinajstić information content (AvgIpc) is 2.87. The van der Waals surface area contributed by atoms with Crippen molar-refractivity contribution >= 4 is 0 Å². The first-order valence-electron chi connectivity index (χ1n) is 7.86. The van der Waals surface area contributed by atoms with E-state index >= 15 is 0 Å². The first kappa shape index (κ1) is 17.2. The summed E-state index contributed by atoms with van der Waals surface area (Å²) >= 11 is 0. The summed E-state index contributed by atoms with van der Waals surface area (Å²) in [5, 5.41) is 4.72. The highest BCUT2D eigenvalue weighted by atomic mass is 15.3. The number of nitrogens with two attached hydrogens (primary N) is 1. The number of aromatic nitrogens is 2. The molecule has 1 rings (SSSR count). The number of hydrogen-bond donors (Lipinski definition) is 1. The summed E-state index contributed by atoms with van der Waals surface area (Å²) in [5.41, 5.74) is 7.57. The SMILES string of the molecule is CCC(CC)n1ccc(CC(N)C(C)(CC)N(C)C)n1. The molecule has 4 nitrogen and oxygen atoms in total. The van der Waals surface area contributed by atoms with E-state index in [9.17, 15) is 0 Å². The zero-order chi connectivity index (χ0) is 15.3. The second kappa shape index (κ2) is 7.23. The first-order chi connectivity index (χ1) is 9.38. The normalized spacial score (nSPS) is 16.6. The Morgan fingerprint density at radius 1 is 1.30 bits per heavy atom. The van der Waals surface area contributed by atoms with Gasteiger partial charge in [0.15, 0.2) is 0 Å². The highest BCUT2D eigenvalue weighted by Gasteiger charge is 2.32. The van der Waals surface area contributed by atoms with E-state index in [0.29, 0.717) is 6.04 Å². The lowest BCUT2D eigenvalue weighted by molar-refractivity contribution is 0.131. The van der Waals surface area contributed by atoms with Gasteiger partial charge in [0, 0.05) is 24.2 Å². The lowest BCUT2D eigenvalue weighted by Crippen LogP contribution is -2.55. The van der Waals surface area contributed by atoms with Crippen molar-refractivity contribution in [2.75, 3.05) is 14.1 Å². The zero-order valence-corrected chi connectivity index (χ0v) is 14.1. The topological polar surface area (TPSA) is 47.1 Å². The standard InChI is InChI=1S/C16H32N4/c1-7-14(8-2)20-11-10-13(18-20)12-15(17)16(4,9-3)19(5)6/h10-11,14-15H,7-9,12,17H2,1-6H3. The predicted octanol–water partition coefficient (Wildman–Crippen LogP) is 2.84. The molecule has 0 saturated heterocycles. The molecule has 0 saturated carbocycles. The van der Waals surface area contributed by atoms with Crippen molar-refractivity contribution in [1.82, 2.24) is 14.7 Å². The van der Waals surface area contributed by atoms with Crippen LogP contribution in [0, 0.1) is 0 Å². The van der Waals surface area contributed by atoms with Crippen LogP contribution in [0.1, 0.15) is 58.7 Å². The molecule has 1 heterocycles. The fourth-order valence-corrected chi connectivity index (χ4v) is 2.71. The van der Waals surface area contributed by atoms with Crippen LogP contribution in [-0.4, -0.2) is 40.4 Å². The molecule has 2 unspecified atom stereocenters. The minimum Gasteiger partial charge on any atom is -0.326 e. The third-order valence-electron chi connectivity index (χ3n) is 4.95. The van der Waals surface area contributed by atoms with Gasteiger partial charge in [0.2, 0.25) is 0 Å². The van der Waals surface area contributed by atoms with Crippen molar-refractivity contribution < 1.29 is 0 Å². The Morgan fingerprint density at radius 2 is 1.90 bits per heavy atom. The van der Waals surface area contributed by atoms with Gasteiger partial charge in [-0.2, -0.15) is 5.10 Å². The van der Waals surface area contributed by atoms with Crippen LogP contribution in [0.3, 0.4) is 0 Å². The van der Waals surface area contributed by atoms with Gasteiger partial charge in [-0.15, -0.1) is 0 Å². The Hall–Kier alpha value is -0.870. The average molecular weight is 280 g/mol. The van der Waals surface area contributed by atoms with Crippen LogP contribution in [0.2, 0.25) is 0 Å². The van der Waals surface area contributed by atoms with Crippen molar-refractivity contribution in [2.45, 2.75) is 71.0 Å². The largest absolute Gasteiger partial charge is 0.326 e. The molecule has 2 N–H and O–H groups in total. The van der Waals surface area contributed by atoms with Crippen LogP contribution in [0.4, 0.5) is 0 Å². The molecule has 0 amide bonds. The third kappa shape index (κ3) is 3.61. The van der Waals surface area contributed by atoms with Crippen LogP contribution < -0.4 is 5.73 Å². The van der Waals surface area contributed by atoms with E-state index in [2.05, 4.69) is 63.6 Å². The van der Waals surface area contributed by atoms with E-state index in [1.165, 1.54) is 0 Å². The molecule has 1 aromatic rings. The summed E-state index contributed by atoms with van der Waals surface area (Å²) in [4.78, 5) is 2.23. The van der Waals surface area contributed by atoms with Crippen molar-refractivity contribution in [3.8, 4) is 0 Å². The lowest BCUT2D eigenvalue weighted by atomic mass is 9.86. The summed E-state index contributed by atoms with van der Waals surface area (Å²) in [6.45, 7) is 8.85. The van der Waals surface area contributed by atoms with Gasteiger partial charge in [-0.25, -0.2) is 0 Å². The molecule has 20 heavy (non-hydrogen) atoms. The monoisotopic (exact) mass is 280 g/mol. The van der Waals surface area contributed by atoms with Crippen LogP contribution in [0.5, 0.6) is 0 Å². The van der Waals surface area contributed by atoms with E-state index in [4.69, 9.17) is 10.8 Å². The molecule has 4 heteroatoms. The van der Waals surface area contributed by atoms with Gasteiger partial charge in [0.05, 0.1) is 11.7 Å². The quantitative estimate of drug-likeness (QED) is 0.796.